The second-order valence-electron chi connectivity index (χ2n) is 9.30. The normalized spacial score (nSPS) is 14.9. The number of fused-ring (bicyclic) bond motifs is 1. The number of aromatic nitrogens is 1. The maximum Gasteiger partial charge on any atom is 0.243 e. The van der Waals surface area contributed by atoms with Crippen LogP contribution in [-0.2, 0) is 16.6 Å². The molecule has 0 radical (unpaired) electrons. The number of rotatable bonds is 5. The summed E-state index contributed by atoms with van der Waals surface area (Å²) in [6.45, 7) is 7.20. The number of halogens is 1. The standard InChI is InChI=1S/C29H29FN2O2S/c1-20-11-12-21(2)28(17-20)35(33,34)31-15-13-24(14-16-31)29-22(3)32(27-10-5-4-9-26(27)29)19-23-7-6-8-25(30)18-23/h4-13,17-18H,14-16,19H2,1-3H3. The van der Waals surface area contributed by atoms with Crippen LogP contribution >= 0.6 is 0 Å². The molecule has 6 heteroatoms. The van der Waals surface area contributed by atoms with Gasteiger partial charge in [0.1, 0.15) is 5.82 Å². The van der Waals surface area contributed by atoms with Crippen molar-refractivity contribution < 1.29 is 12.8 Å². The minimum Gasteiger partial charge on any atom is -0.340 e. The Morgan fingerprint density at radius 1 is 0.943 bits per heavy atom. The minimum atomic E-state index is -3.56. The van der Waals surface area contributed by atoms with Crippen LogP contribution in [0.5, 0.6) is 0 Å². The van der Waals surface area contributed by atoms with Crippen molar-refractivity contribution in [3.8, 4) is 0 Å². The van der Waals surface area contributed by atoms with E-state index in [9.17, 15) is 12.8 Å². The second-order valence-corrected chi connectivity index (χ2v) is 11.2. The minimum absolute atomic E-state index is 0.239. The first-order valence-corrected chi connectivity index (χ1v) is 13.3. The zero-order valence-corrected chi connectivity index (χ0v) is 21.1. The van der Waals surface area contributed by atoms with Gasteiger partial charge >= 0.3 is 0 Å². The first-order valence-electron chi connectivity index (χ1n) is 11.8. The van der Waals surface area contributed by atoms with Crippen LogP contribution in [0, 0.1) is 26.6 Å². The third-order valence-corrected chi connectivity index (χ3v) is 8.92. The molecule has 0 spiro atoms. The summed E-state index contributed by atoms with van der Waals surface area (Å²) >= 11 is 0. The highest BCUT2D eigenvalue weighted by Crippen LogP contribution is 2.36. The zero-order chi connectivity index (χ0) is 24.7. The molecule has 180 valence electrons. The smallest absolute Gasteiger partial charge is 0.243 e. The molecule has 0 saturated heterocycles. The van der Waals surface area contributed by atoms with E-state index in [-0.39, 0.29) is 5.82 Å². The van der Waals surface area contributed by atoms with E-state index in [2.05, 4.69) is 23.6 Å². The molecule has 5 rings (SSSR count). The predicted octanol–water partition coefficient (Wildman–Crippen LogP) is 6.23. The predicted molar refractivity (Wildman–Crippen MR) is 139 cm³/mol. The Bertz CT molecular complexity index is 1570. The third-order valence-electron chi connectivity index (χ3n) is 6.92. The van der Waals surface area contributed by atoms with Gasteiger partial charge in [0, 0.05) is 41.8 Å². The molecule has 3 aromatic carbocycles. The Morgan fingerprint density at radius 2 is 1.74 bits per heavy atom. The monoisotopic (exact) mass is 488 g/mol. The average Bonchev–Trinajstić information content (AvgIpc) is 3.12. The molecule has 1 aliphatic rings. The van der Waals surface area contributed by atoms with Gasteiger partial charge in [-0.15, -0.1) is 0 Å². The van der Waals surface area contributed by atoms with Crippen LogP contribution in [0.1, 0.15) is 34.4 Å². The van der Waals surface area contributed by atoms with Gasteiger partial charge in [-0.1, -0.05) is 48.5 Å². The molecule has 0 bridgehead atoms. The van der Waals surface area contributed by atoms with E-state index >= 15 is 0 Å². The summed E-state index contributed by atoms with van der Waals surface area (Å²) in [5.41, 5.74) is 7.11. The van der Waals surface area contributed by atoms with Gasteiger partial charge in [-0.3, -0.25) is 0 Å². The highest BCUT2D eigenvalue weighted by atomic mass is 32.2. The fourth-order valence-corrected chi connectivity index (χ4v) is 6.77. The van der Waals surface area contributed by atoms with Gasteiger partial charge in [0.2, 0.25) is 10.0 Å². The van der Waals surface area contributed by atoms with Gasteiger partial charge in [0.05, 0.1) is 4.90 Å². The Labute approximate surface area is 206 Å². The van der Waals surface area contributed by atoms with E-state index in [0.29, 0.717) is 31.0 Å². The zero-order valence-electron chi connectivity index (χ0n) is 20.3. The quantitative estimate of drug-likeness (QED) is 0.334. The number of sulfonamides is 1. The molecule has 0 N–H and O–H groups in total. The highest BCUT2D eigenvalue weighted by molar-refractivity contribution is 7.89. The molecule has 4 nitrogen and oxygen atoms in total. The molecule has 0 amide bonds. The lowest BCUT2D eigenvalue weighted by Gasteiger charge is -2.27. The van der Waals surface area contributed by atoms with Crippen molar-refractivity contribution in [2.45, 2.75) is 38.6 Å². The maximum absolute atomic E-state index is 13.8. The number of hydrogen-bond donors (Lipinski definition) is 0. The van der Waals surface area contributed by atoms with Crippen LogP contribution in [0.25, 0.3) is 16.5 Å². The van der Waals surface area contributed by atoms with Crippen molar-refractivity contribution in [1.29, 1.82) is 0 Å². The fourth-order valence-electron chi connectivity index (χ4n) is 5.08. The summed E-state index contributed by atoms with van der Waals surface area (Å²) in [4.78, 5) is 0.386. The summed E-state index contributed by atoms with van der Waals surface area (Å²) in [5.74, 6) is -0.239. The summed E-state index contributed by atoms with van der Waals surface area (Å²) in [6, 6.07) is 20.5. The molecule has 0 unspecified atom stereocenters. The van der Waals surface area contributed by atoms with E-state index in [4.69, 9.17) is 0 Å². The van der Waals surface area contributed by atoms with Crippen LogP contribution in [0.15, 0.2) is 77.7 Å². The summed E-state index contributed by atoms with van der Waals surface area (Å²) in [6.07, 6.45) is 2.69. The topological polar surface area (TPSA) is 42.3 Å². The number of hydrogen-bond acceptors (Lipinski definition) is 2. The molecule has 0 fully saturated rings. The lowest BCUT2D eigenvalue weighted by Crippen LogP contribution is -2.35. The molecular weight excluding hydrogens is 459 g/mol. The van der Waals surface area contributed by atoms with E-state index in [1.165, 1.54) is 6.07 Å². The molecule has 1 aliphatic heterocycles. The van der Waals surface area contributed by atoms with Gasteiger partial charge in [-0.05, 0) is 73.7 Å². The van der Waals surface area contributed by atoms with Crippen molar-refractivity contribution in [2.75, 3.05) is 13.1 Å². The molecule has 4 aromatic rings. The lowest BCUT2D eigenvalue weighted by molar-refractivity contribution is 0.441. The summed E-state index contributed by atoms with van der Waals surface area (Å²) in [7, 11) is -3.56. The van der Waals surface area contributed by atoms with Crippen molar-refractivity contribution in [2.24, 2.45) is 0 Å². The van der Waals surface area contributed by atoms with Crippen molar-refractivity contribution in [3.05, 3.63) is 107 Å². The van der Waals surface area contributed by atoms with E-state index in [1.54, 1.807) is 22.5 Å². The first-order chi connectivity index (χ1) is 16.8. The van der Waals surface area contributed by atoms with Crippen LogP contribution in [0.3, 0.4) is 0 Å². The molecule has 0 aliphatic carbocycles. The largest absolute Gasteiger partial charge is 0.340 e. The average molecular weight is 489 g/mol. The lowest BCUT2D eigenvalue weighted by atomic mass is 9.97. The molecule has 0 atom stereocenters. The van der Waals surface area contributed by atoms with Crippen molar-refractivity contribution >= 4 is 26.5 Å². The van der Waals surface area contributed by atoms with Gasteiger partial charge in [0.25, 0.3) is 0 Å². The SMILES string of the molecule is Cc1ccc(C)c(S(=O)(=O)N2CC=C(c3c(C)n(Cc4cccc(F)c4)c4ccccc34)CC2)c1. The molecule has 35 heavy (non-hydrogen) atoms. The van der Waals surface area contributed by atoms with Crippen LogP contribution < -0.4 is 0 Å². The van der Waals surface area contributed by atoms with Crippen LogP contribution in [0.2, 0.25) is 0 Å². The number of nitrogens with zero attached hydrogens (tertiary/aromatic N) is 2. The maximum atomic E-state index is 13.8. The fraction of sp³-hybridized carbons (Fsp3) is 0.241. The number of aryl methyl sites for hydroxylation is 2. The second kappa shape index (κ2) is 9.10. The van der Waals surface area contributed by atoms with Crippen LogP contribution in [-0.4, -0.2) is 30.4 Å². The van der Waals surface area contributed by atoms with Gasteiger partial charge in [-0.25, -0.2) is 12.8 Å². The van der Waals surface area contributed by atoms with Gasteiger partial charge in [-0.2, -0.15) is 4.31 Å². The van der Waals surface area contributed by atoms with Crippen molar-refractivity contribution in [3.63, 3.8) is 0 Å². The summed E-state index contributed by atoms with van der Waals surface area (Å²) < 4.78 is 44.4. The number of para-hydroxylation sites is 1. The Kier molecular flexibility index (Phi) is 6.11. The van der Waals surface area contributed by atoms with Gasteiger partial charge < -0.3 is 4.57 Å². The number of benzene rings is 3. The van der Waals surface area contributed by atoms with Gasteiger partial charge in [0.15, 0.2) is 0 Å². The molecular formula is C29H29FN2O2S. The molecule has 2 heterocycles. The van der Waals surface area contributed by atoms with E-state index in [1.807, 2.05) is 50.3 Å². The third kappa shape index (κ3) is 4.32. The van der Waals surface area contributed by atoms with E-state index in [0.717, 1.165) is 44.4 Å². The van der Waals surface area contributed by atoms with E-state index < -0.39 is 10.0 Å². The Morgan fingerprint density at radius 3 is 2.49 bits per heavy atom. The molecule has 1 aromatic heterocycles. The van der Waals surface area contributed by atoms with Crippen molar-refractivity contribution in [1.82, 2.24) is 8.87 Å². The van der Waals surface area contributed by atoms with Crippen LogP contribution in [0.4, 0.5) is 4.39 Å². The molecule has 0 saturated carbocycles. The first kappa shape index (κ1) is 23.5. The summed E-state index contributed by atoms with van der Waals surface area (Å²) in [5, 5.41) is 1.14. The Balaban J connectivity index is 1.50. The highest BCUT2D eigenvalue weighted by Gasteiger charge is 2.29. The Hall–Kier alpha value is -3.22.